The maximum absolute atomic E-state index is 10.3. The standard InChI is InChI=1S/C6H11NO3/c1-3-6(2,4-8)7-5(9)10/h4,7H,3H2,1-2H3,(H,9,10)/t6-/m0/s1. The van der Waals surface area contributed by atoms with Gasteiger partial charge in [-0.2, -0.15) is 0 Å². The Hall–Kier alpha value is -1.06. The van der Waals surface area contributed by atoms with Crippen molar-refractivity contribution in [1.82, 2.24) is 5.32 Å². The van der Waals surface area contributed by atoms with Gasteiger partial charge >= 0.3 is 6.09 Å². The summed E-state index contributed by atoms with van der Waals surface area (Å²) in [5.41, 5.74) is -0.925. The lowest BCUT2D eigenvalue weighted by Crippen LogP contribution is -2.46. The molecule has 58 valence electrons. The maximum Gasteiger partial charge on any atom is 0.405 e. The van der Waals surface area contributed by atoms with E-state index in [2.05, 4.69) is 5.32 Å². The Morgan fingerprint density at radius 3 is 2.40 bits per heavy atom. The third-order valence-electron chi connectivity index (χ3n) is 1.39. The Morgan fingerprint density at radius 2 is 2.30 bits per heavy atom. The Kier molecular flexibility index (Phi) is 2.86. The first-order valence-corrected chi connectivity index (χ1v) is 3.01. The van der Waals surface area contributed by atoms with E-state index in [-0.39, 0.29) is 0 Å². The van der Waals surface area contributed by atoms with Gasteiger partial charge in [-0.25, -0.2) is 4.79 Å². The molecule has 0 unspecified atom stereocenters. The van der Waals surface area contributed by atoms with Crippen LogP contribution in [0.1, 0.15) is 20.3 Å². The summed E-state index contributed by atoms with van der Waals surface area (Å²) in [4.78, 5) is 20.3. The lowest BCUT2D eigenvalue weighted by atomic mass is 10.0. The van der Waals surface area contributed by atoms with Crippen molar-refractivity contribution in [2.75, 3.05) is 0 Å². The highest BCUT2D eigenvalue weighted by Crippen LogP contribution is 2.03. The van der Waals surface area contributed by atoms with E-state index < -0.39 is 11.6 Å². The number of rotatable bonds is 3. The van der Waals surface area contributed by atoms with E-state index in [4.69, 9.17) is 5.11 Å². The minimum atomic E-state index is -1.17. The summed E-state index contributed by atoms with van der Waals surface area (Å²) in [6.45, 7) is 3.28. The summed E-state index contributed by atoms with van der Waals surface area (Å²) in [6, 6.07) is 0. The van der Waals surface area contributed by atoms with Crippen LogP contribution >= 0.6 is 0 Å². The Bertz CT molecular complexity index is 146. The molecule has 0 spiro atoms. The summed E-state index contributed by atoms with van der Waals surface area (Å²) in [5, 5.41) is 10.3. The lowest BCUT2D eigenvalue weighted by molar-refractivity contribution is -0.112. The second-order valence-electron chi connectivity index (χ2n) is 2.32. The van der Waals surface area contributed by atoms with Crippen LogP contribution in [0.2, 0.25) is 0 Å². The molecule has 0 fully saturated rings. The third-order valence-corrected chi connectivity index (χ3v) is 1.39. The molecule has 2 N–H and O–H groups in total. The topological polar surface area (TPSA) is 66.4 Å². The lowest BCUT2D eigenvalue weighted by Gasteiger charge is -2.19. The summed E-state index contributed by atoms with van der Waals surface area (Å²) < 4.78 is 0. The first-order chi connectivity index (χ1) is 4.54. The van der Waals surface area contributed by atoms with Crippen molar-refractivity contribution < 1.29 is 14.7 Å². The Labute approximate surface area is 59.2 Å². The van der Waals surface area contributed by atoms with E-state index in [0.717, 1.165) is 0 Å². The van der Waals surface area contributed by atoms with Gasteiger partial charge in [0.05, 0.1) is 5.54 Å². The molecule has 0 aromatic heterocycles. The zero-order valence-electron chi connectivity index (χ0n) is 6.05. The van der Waals surface area contributed by atoms with Gasteiger partial charge in [0.1, 0.15) is 6.29 Å². The van der Waals surface area contributed by atoms with Crippen molar-refractivity contribution in [3.8, 4) is 0 Å². The highest BCUT2D eigenvalue weighted by atomic mass is 16.4. The highest BCUT2D eigenvalue weighted by molar-refractivity contribution is 5.74. The van der Waals surface area contributed by atoms with Gasteiger partial charge in [0.25, 0.3) is 0 Å². The monoisotopic (exact) mass is 145 g/mol. The van der Waals surface area contributed by atoms with Gasteiger partial charge in [-0.3, -0.25) is 0 Å². The van der Waals surface area contributed by atoms with E-state index in [1.54, 1.807) is 6.92 Å². The van der Waals surface area contributed by atoms with E-state index in [1.807, 2.05) is 0 Å². The third kappa shape index (κ3) is 2.48. The minimum Gasteiger partial charge on any atom is -0.465 e. The van der Waals surface area contributed by atoms with Gasteiger partial charge in [-0.15, -0.1) is 0 Å². The molecule has 0 aromatic rings. The van der Waals surface area contributed by atoms with Gasteiger partial charge < -0.3 is 15.2 Å². The predicted molar refractivity (Wildman–Crippen MR) is 35.9 cm³/mol. The van der Waals surface area contributed by atoms with Crippen molar-refractivity contribution in [2.24, 2.45) is 0 Å². The highest BCUT2D eigenvalue weighted by Gasteiger charge is 2.22. The van der Waals surface area contributed by atoms with Crippen molar-refractivity contribution in [3.63, 3.8) is 0 Å². The van der Waals surface area contributed by atoms with Crippen molar-refractivity contribution in [2.45, 2.75) is 25.8 Å². The van der Waals surface area contributed by atoms with Crippen molar-refractivity contribution in [3.05, 3.63) is 0 Å². The molecule has 4 heteroatoms. The zero-order valence-corrected chi connectivity index (χ0v) is 6.05. The zero-order chi connectivity index (χ0) is 8.20. The van der Waals surface area contributed by atoms with E-state index in [0.29, 0.717) is 12.7 Å². The van der Waals surface area contributed by atoms with Gasteiger partial charge in [0, 0.05) is 0 Å². The van der Waals surface area contributed by atoms with Gasteiger partial charge in [0.15, 0.2) is 0 Å². The Morgan fingerprint density at radius 1 is 1.80 bits per heavy atom. The first-order valence-electron chi connectivity index (χ1n) is 3.01. The molecular formula is C6H11NO3. The van der Waals surface area contributed by atoms with Crippen LogP contribution in [0.15, 0.2) is 0 Å². The number of hydrogen-bond acceptors (Lipinski definition) is 2. The number of carbonyl (C=O) groups excluding carboxylic acids is 1. The van der Waals surface area contributed by atoms with Crippen molar-refractivity contribution in [1.29, 1.82) is 0 Å². The van der Waals surface area contributed by atoms with Crippen LogP contribution in [0.25, 0.3) is 0 Å². The average Bonchev–Trinajstić information content (AvgIpc) is 1.87. The number of carbonyl (C=O) groups is 2. The largest absolute Gasteiger partial charge is 0.465 e. The van der Waals surface area contributed by atoms with Crippen LogP contribution in [0.3, 0.4) is 0 Å². The first kappa shape index (κ1) is 8.94. The maximum atomic E-state index is 10.3. The molecule has 0 aliphatic rings. The smallest absolute Gasteiger partial charge is 0.405 e. The van der Waals surface area contributed by atoms with Crippen LogP contribution in [0, 0.1) is 0 Å². The predicted octanol–water partition coefficient (Wildman–Crippen LogP) is 0.622. The Balaban J connectivity index is 4.05. The number of carboxylic acid groups (broad SMARTS) is 1. The fourth-order valence-electron chi connectivity index (χ4n) is 0.445. The number of aldehydes is 1. The van der Waals surface area contributed by atoms with Crippen LogP contribution in [-0.2, 0) is 4.79 Å². The summed E-state index contributed by atoms with van der Waals surface area (Å²) in [7, 11) is 0. The second-order valence-corrected chi connectivity index (χ2v) is 2.32. The van der Waals surface area contributed by atoms with Crippen LogP contribution < -0.4 is 5.32 Å². The molecule has 1 atom stereocenters. The molecule has 0 heterocycles. The number of nitrogens with one attached hydrogen (secondary N) is 1. The molecule has 0 aromatic carbocycles. The molecule has 0 rings (SSSR count). The number of hydrogen-bond donors (Lipinski definition) is 2. The molecule has 0 radical (unpaired) electrons. The van der Waals surface area contributed by atoms with E-state index >= 15 is 0 Å². The van der Waals surface area contributed by atoms with Gasteiger partial charge in [-0.1, -0.05) is 6.92 Å². The van der Waals surface area contributed by atoms with Gasteiger partial charge in [0.2, 0.25) is 0 Å². The van der Waals surface area contributed by atoms with Gasteiger partial charge in [-0.05, 0) is 13.3 Å². The van der Waals surface area contributed by atoms with Crippen LogP contribution in [0.4, 0.5) is 4.79 Å². The minimum absolute atomic E-state index is 0.461. The quantitative estimate of drug-likeness (QED) is 0.572. The molecule has 10 heavy (non-hydrogen) atoms. The molecule has 0 aliphatic carbocycles. The second kappa shape index (κ2) is 3.20. The molecule has 0 bridgehead atoms. The molecule has 4 nitrogen and oxygen atoms in total. The molecule has 0 aliphatic heterocycles. The normalized spacial score (nSPS) is 15.4. The molecular weight excluding hydrogens is 134 g/mol. The summed E-state index contributed by atoms with van der Waals surface area (Å²) in [5.74, 6) is 0. The molecule has 0 saturated carbocycles. The van der Waals surface area contributed by atoms with Crippen LogP contribution in [-0.4, -0.2) is 23.0 Å². The average molecular weight is 145 g/mol. The number of amides is 1. The van der Waals surface area contributed by atoms with Crippen LogP contribution in [0.5, 0.6) is 0 Å². The molecule has 1 amide bonds. The SMILES string of the molecule is CC[C@@](C)(C=O)NC(=O)O. The molecule has 0 saturated heterocycles. The van der Waals surface area contributed by atoms with E-state index in [1.165, 1.54) is 6.92 Å². The van der Waals surface area contributed by atoms with Crippen molar-refractivity contribution >= 4 is 12.4 Å². The van der Waals surface area contributed by atoms with E-state index in [9.17, 15) is 9.59 Å². The summed E-state index contributed by atoms with van der Waals surface area (Å²) >= 11 is 0. The fourth-order valence-corrected chi connectivity index (χ4v) is 0.445. The fraction of sp³-hybridized carbons (Fsp3) is 0.667. The summed E-state index contributed by atoms with van der Waals surface area (Å²) in [6.07, 6.45) is -0.111.